The lowest BCUT2D eigenvalue weighted by Crippen LogP contribution is -1.75. The van der Waals surface area contributed by atoms with Crippen LogP contribution in [-0.2, 0) is 0 Å². The maximum Gasteiger partial charge on any atom is 0.181 e. The molecule has 0 amide bonds. The Balaban J connectivity index is 2.91. The van der Waals surface area contributed by atoms with E-state index in [9.17, 15) is 0 Å². The van der Waals surface area contributed by atoms with Crippen LogP contribution in [0.15, 0.2) is 22.9 Å². The summed E-state index contributed by atoms with van der Waals surface area (Å²) in [5.41, 5.74) is 2.36. The maximum atomic E-state index is 9.14. The Labute approximate surface area is 63.3 Å². The Morgan fingerprint density at radius 2 is 2.27 bits per heavy atom. The second kappa shape index (κ2) is 1.99. The third kappa shape index (κ3) is 0.852. The highest BCUT2D eigenvalue weighted by Crippen LogP contribution is 2.22. The Bertz CT molecular complexity index is 392. The lowest BCUT2D eigenvalue weighted by Gasteiger charge is -1.93. The summed E-state index contributed by atoms with van der Waals surface area (Å²) in [4.78, 5) is 3.98. The van der Waals surface area contributed by atoms with Crippen LogP contribution in [0.25, 0.3) is 11.1 Å². The van der Waals surface area contributed by atoms with Crippen LogP contribution in [0.1, 0.15) is 5.56 Å². The molecule has 0 atom stereocenters. The van der Waals surface area contributed by atoms with Crippen molar-refractivity contribution in [2.45, 2.75) is 6.92 Å². The molecule has 1 aromatic heterocycles. The molecule has 11 heavy (non-hydrogen) atoms. The number of aromatic hydroxyl groups is 1. The smallest absolute Gasteiger partial charge is 0.181 e. The zero-order valence-corrected chi connectivity index (χ0v) is 6.03. The van der Waals surface area contributed by atoms with Gasteiger partial charge >= 0.3 is 0 Å². The molecule has 1 N–H and O–H groups in total. The average molecular weight is 149 g/mol. The highest BCUT2D eigenvalue weighted by Gasteiger charge is 2.02. The number of phenols is 1. The number of rotatable bonds is 0. The van der Waals surface area contributed by atoms with E-state index in [2.05, 4.69) is 4.98 Å². The standard InChI is InChI=1S/C8H7NO2/c1-5-2-6(10)3-7-8(5)9-4-11-7/h2-4,10H,1H3. The molecule has 1 aromatic carbocycles. The van der Waals surface area contributed by atoms with Crippen molar-refractivity contribution in [3.8, 4) is 5.75 Å². The van der Waals surface area contributed by atoms with Crippen LogP contribution in [-0.4, -0.2) is 10.1 Å². The largest absolute Gasteiger partial charge is 0.508 e. The minimum atomic E-state index is 0.215. The molecule has 1 heterocycles. The van der Waals surface area contributed by atoms with Crippen molar-refractivity contribution >= 4 is 11.1 Å². The molecular formula is C8H7NO2. The SMILES string of the molecule is Cc1cc(O)cc2ocnc12. The first-order chi connectivity index (χ1) is 5.27. The van der Waals surface area contributed by atoms with Gasteiger partial charge in [0.25, 0.3) is 0 Å². The molecule has 2 rings (SSSR count). The molecule has 0 aliphatic carbocycles. The van der Waals surface area contributed by atoms with E-state index in [1.807, 2.05) is 6.92 Å². The molecule has 0 aliphatic rings. The Morgan fingerprint density at radius 1 is 1.45 bits per heavy atom. The molecule has 0 unspecified atom stereocenters. The highest BCUT2D eigenvalue weighted by molar-refractivity contribution is 5.77. The summed E-state index contributed by atoms with van der Waals surface area (Å²) in [7, 11) is 0. The third-order valence-electron chi connectivity index (χ3n) is 1.61. The van der Waals surface area contributed by atoms with Crippen molar-refractivity contribution in [2.24, 2.45) is 0 Å². The van der Waals surface area contributed by atoms with Gasteiger partial charge in [-0.3, -0.25) is 0 Å². The lowest BCUT2D eigenvalue weighted by molar-refractivity contribution is 0.474. The zero-order valence-electron chi connectivity index (χ0n) is 6.03. The molecule has 2 aromatic rings. The number of hydrogen-bond acceptors (Lipinski definition) is 3. The number of aryl methyl sites for hydroxylation is 1. The number of oxazole rings is 1. The summed E-state index contributed by atoms with van der Waals surface area (Å²) in [5, 5.41) is 9.14. The van der Waals surface area contributed by atoms with Gasteiger partial charge < -0.3 is 9.52 Å². The van der Waals surface area contributed by atoms with E-state index in [0.29, 0.717) is 5.58 Å². The second-order valence-corrected chi connectivity index (χ2v) is 2.46. The summed E-state index contributed by atoms with van der Waals surface area (Å²) in [5.74, 6) is 0.215. The second-order valence-electron chi connectivity index (χ2n) is 2.46. The Hall–Kier alpha value is -1.51. The topological polar surface area (TPSA) is 46.3 Å². The zero-order chi connectivity index (χ0) is 7.84. The van der Waals surface area contributed by atoms with Crippen LogP contribution < -0.4 is 0 Å². The monoisotopic (exact) mass is 149 g/mol. The lowest BCUT2D eigenvalue weighted by atomic mass is 10.2. The van der Waals surface area contributed by atoms with E-state index >= 15 is 0 Å². The van der Waals surface area contributed by atoms with Crippen molar-refractivity contribution in [3.05, 3.63) is 24.1 Å². The summed E-state index contributed by atoms with van der Waals surface area (Å²) >= 11 is 0. The van der Waals surface area contributed by atoms with Gasteiger partial charge in [-0.05, 0) is 18.6 Å². The van der Waals surface area contributed by atoms with Crippen molar-refractivity contribution in [2.75, 3.05) is 0 Å². The van der Waals surface area contributed by atoms with E-state index in [1.165, 1.54) is 6.39 Å². The first kappa shape index (κ1) is 6.22. The van der Waals surface area contributed by atoms with Gasteiger partial charge in [0.2, 0.25) is 0 Å². The molecule has 0 saturated heterocycles. The molecule has 0 saturated carbocycles. The third-order valence-corrected chi connectivity index (χ3v) is 1.61. The van der Waals surface area contributed by atoms with Gasteiger partial charge in [0.15, 0.2) is 12.0 Å². The van der Waals surface area contributed by atoms with E-state index < -0.39 is 0 Å². The molecule has 0 bridgehead atoms. The molecule has 0 radical (unpaired) electrons. The first-order valence-corrected chi connectivity index (χ1v) is 3.30. The van der Waals surface area contributed by atoms with Gasteiger partial charge in [0, 0.05) is 6.07 Å². The van der Waals surface area contributed by atoms with Crippen LogP contribution in [0.4, 0.5) is 0 Å². The summed E-state index contributed by atoms with van der Waals surface area (Å²) in [6, 6.07) is 3.21. The molecule has 3 heteroatoms. The van der Waals surface area contributed by atoms with E-state index in [0.717, 1.165) is 11.1 Å². The number of hydrogen-bond donors (Lipinski definition) is 1. The molecule has 0 fully saturated rings. The number of aromatic nitrogens is 1. The molecule has 3 nitrogen and oxygen atoms in total. The highest BCUT2D eigenvalue weighted by atomic mass is 16.3. The first-order valence-electron chi connectivity index (χ1n) is 3.30. The minimum Gasteiger partial charge on any atom is -0.508 e. The predicted octanol–water partition coefficient (Wildman–Crippen LogP) is 1.84. The van der Waals surface area contributed by atoms with Gasteiger partial charge in [-0.1, -0.05) is 0 Å². The molecule has 0 spiro atoms. The fourth-order valence-corrected chi connectivity index (χ4v) is 1.12. The molecular weight excluding hydrogens is 142 g/mol. The van der Waals surface area contributed by atoms with E-state index in [-0.39, 0.29) is 5.75 Å². The summed E-state index contributed by atoms with van der Waals surface area (Å²) in [6.07, 6.45) is 1.37. The van der Waals surface area contributed by atoms with Crippen molar-refractivity contribution < 1.29 is 9.52 Å². The van der Waals surface area contributed by atoms with Crippen molar-refractivity contribution in [1.82, 2.24) is 4.98 Å². The summed E-state index contributed by atoms with van der Waals surface area (Å²) in [6.45, 7) is 1.88. The van der Waals surface area contributed by atoms with Gasteiger partial charge in [-0.2, -0.15) is 0 Å². The number of nitrogens with zero attached hydrogens (tertiary/aromatic N) is 1. The Morgan fingerprint density at radius 3 is 3.09 bits per heavy atom. The van der Waals surface area contributed by atoms with Crippen LogP contribution in [0, 0.1) is 6.92 Å². The minimum absolute atomic E-state index is 0.215. The van der Waals surface area contributed by atoms with Crippen molar-refractivity contribution in [1.29, 1.82) is 0 Å². The van der Waals surface area contributed by atoms with Gasteiger partial charge in [0.05, 0.1) is 0 Å². The molecule has 56 valence electrons. The Kier molecular flexibility index (Phi) is 1.12. The average Bonchev–Trinajstić information content (AvgIpc) is 2.34. The van der Waals surface area contributed by atoms with E-state index in [4.69, 9.17) is 9.52 Å². The quantitative estimate of drug-likeness (QED) is 0.621. The normalized spacial score (nSPS) is 10.6. The van der Waals surface area contributed by atoms with Gasteiger partial charge in [-0.25, -0.2) is 4.98 Å². The summed E-state index contributed by atoms with van der Waals surface area (Å²) < 4.78 is 5.01. The van der Waals surface area contributed by atoms with Gasteiger partial charge in [-0.15, -0.1) is 0 Å². The fourth-order valence-electron chi connectivity index (χ4n) is 1.12. The van der Waals surface area contributed by atoms with Crippen LogP contribution in [0.5, 0.6) is 5.75 Å². The van der Waals surface area contributed by atoms with Crippen LogP contribution in [0.3, 0.4) is 0 Å². The fraction of sp³-hybridized carbons (Fsp3) is 0.125. The molecule has 0 aliphatic heterocycles. The number of benzene rings is 1. The predicted molar refractivity (Wildman–Crippen MR) is 40.4 cm³/mol. The number of phenolic OH excluding ortho intramolecular Hbond substituents is 1. The van der Waals surface area contributed by atoms with E-state index in [1.54, 1.807) is 12.1 Å². The number of fused-ring (bicyclic) bond motifs is 1. The van der Waals surface area contributed by atoms with Crippen LogP contribution >= 0.6 is 0 Å². The van der Waals surface area contributed by atoms with Crippen LogP contribution in [0.2, 0.25) is 0 Å². The van der Waals surface area contributed by atoms with Crippen molar-refractivity contribution in [3.63, 3.8) is 0 Å². The van der Waals surface area contributed by atoms with Gasteiger partial charge in [0.1, 0.15) is 11.3 Å². The maximum absolute atomic E-state index is 9.14.